The number of fused-ring (bicyclic) bond motifs is 1. The highest BCUT2D eigenvalue weighted by atomic mass is 35.5. The summed E-state index contributed by atoms with van der Waals surface area (Å²) >= 11 is 6.10. The summed E-state index contributed by atoms with van der Waals surface area (Å²) in [6.07, 6.45) is 4.07. The second kappa shape index (κ2) is 5.66. The topological polar surface area (TPSA) is 67.2 Å². The highest BCUT2D eigenvalue weighted by molar-refractivity contribution is 6.35. The van der Waals surface area contributed by atoms with Gasteiger partial charge < -0.3 is 10.4 Å². The molecule has 0 unspecified atom stereocenters. The van der Waals surface area contributed by atoms with E-state index in [-0.39, 0.29) is 17.9 Å². The number of hydrogen-bond acceptors (Lipinski definition) is 3. The fourth-order valence-corrected chi connectivity index (χ4v) is 2.61. The number of hydrogen-bond donors (Lipinski definition) is 2. The number of nitrogens with one attached hydrogen (secondary N) is 1. The van der Waals surface area contributed by atoms with E-state index < -0.39 is 0 Å². The fraction of sp³-hybridized carbons (Fsp3) is 0.467. The van der Waals surface area contributed by atoms with Crippen molar-refractivity contribution in [3.05, 3.63) is 29.4 Å². The van der Waals surface area contributed by atoms with Crippen LogP contribution in [-0.2, 0) is 11.3 Å². The Labute approximate surface area is 127 Å². The van der Waals surface area contributed by atoms with Crippen LogP contribution in [0.5, 0.6) is 0 Å². The molecule has 2 N–H and O–H groups in total. The number of benzene rings is 1. The van der Waals surface area contributed by atoms with E-state index in [0.717, 1.165) is 23.7 Å². The maximum absolute atomic E-state index is 11.9. The molecule has 6 heteroatoms. The van der Waals surface area contributed by atoms with Crippen molar-refractivity contribution in [3.8, 4) is 0 Å². The second-order valence-electron chi connectivity index (χ2n) is 5.73. The molecule has 1 fully saturated rings. The van der Waals surface area contributed by atoms with Gasteiger partial charge in [-0.1, -0.05) is 17.7 Å². The molecule has 1 heterocycles. The number of aryl methyl sites for hydroxylation is 1. The molecule has 1 aliphatic rings. The zero-order valence-electron chi connectivity index (χ0n) is 11.7. The summed E-state index contributed by atoms with van der Waals surface area (Å²) in [5.41, 5.74) is 0.881. The lowest BCUT2D eigenvalue weighted by Crippen LogP contribution is -2.32. The van der Waals surface area contributed by atoms with E-state index in [4.69, 9.17) is 11.6 Å². The van der Waals surface area contributed by atoms with Crippen molar-refractivity contribution < 1.29 is 9.90 Å². The van der Waals surface area contributed by atoms with Crippen LogP contribution in [0.4, 0.5) is 0 Å². The number of halogens is 1. The van der Waals surface area contributed by atoms with Gasteiger partial charge in [-0.15, -0.1) is 0 Å². The van der Waals surface area contributed by atoms with Gasteiger partial charge in [0.1, 0.15) is 0 Å². The number of amides is 1. The maximum Gasteiger partial charge on any atom is 0.221 e. The van der Waals surface area contributed by atoms with Crippen LogP contribution in [0.25, 0.3) is 10.9 Å². The van der Waals surface area contributed by atoms with Crippen molar-refractivity contribution in [2.45, 2.75) is 25.8 Å². The molecule has 0 radical (unpaired) electrons. The van der Waals surface area contributed by atoms with Crippen LogP contribution in [-0.4, -0.2) is 33.9 Å². The van der Waals surface area contributed by atoms with Gasteiger partial charge in [0.15, 0.2) is 0 Å². The SMILES string of the molecule is O=C(CCn1ncc2c(Cl)cccc21)NCC1(CO)CC1. The molecule has 1 aliphatic carbocycles. The number of aromatic nitrogens is 2. The largest absolute Gasteiger partial charge is 0.396 e. The van der Waals surface area contributed by atoms with E-state index in [1.54, 1.807) is 10.9 Å². The smallest absolute Gasteiger partial charge is 0.221 e. The van der Waals surface area contributed by atoms with E-state index in [9.17, 15) is 9.90 Å². The predicted octanol–water partition coefficient (Wildman–Crippen LogP) is 1.97. The van der Waals surface area contributed by atoms with Gasteiger partial charge in [0, 0.05) is 23.8 Å². The van der Waals surface area contributed by atoms with Crippen molar-refractivity contribution in [1.29, 1.82) is 0 Å². The molecule has 0 saturated heterocycles. The summed E-state index contributed by atoms with van der Waals surface area (Å²) < 4.78 is 1.79. The molecule has 5 nitrogen and oxygen atoms in total. The second-order valence-corrected chi connectivity index (χ2v) is 6.13. The minimum absolute atomic E-state index is 0.0135. The number of rotatable bonds is 6. The van der Waals surface area contributed by atoms with Crippen molar-refractivity contribution in [2.24, 2.45) is 5.41 Å². The molecule has 0 aliphatic heterocycles. The van der Waals surface area contributed by atoms with Crippen LogP contribution in [0.3, 0.4) is 0 Å². The van der Waals surface area contributed by atoms with Crippen molar-refractivity contribution in [3.63, 3.8) is 0 Å². The molecule has 21 heavy (non-hydrogen) atoms. The number of aliphatic hydroxyl groups excluding tert-OH is 1. The van der Waals surface area contributed by atoms with Crippen LogP contribution in [0.1, 0.15) is 19.3 Å². The molecule has 0 atom stereocenters. The van der Waals surface area contributed by atoms with Gasteiger partial charge in [-0.2, -0.15) is 5.10 Å². The summed E-state index contributed by atoms with van der Waals surface area (Å²) in [4.78, 5) is 11.9. The highest BCUT2D eigenvalue weighted by Gasteiger charge is 2.41. The Morgan fingerprint density at radius 3 is 3.00 bits per heavy atom. The van der Waals surface area contributed by atoms with Crippen LogP contribution in [0, 0.1) is 5.41 Å². The molecule has 112 valence electrons. The Bertz CT molecular complexity index is 664. The summed E-state index contributed by atoms with van der Waals surface area (Å²) in [7, 11) is 0. The van der Waals surface area contributed by atoms with Gasteiger partial charge in [-0.3, -0.25) is 9.48 Å². The quantitative estimate of drug-likeness (QED) is 0.857. The first kappa shape index (κ1) is 14.4. The molecule has 1 saturated carbocycles. The number of nitrogens with zero attached hydrogens (tertiary/aromatic N) is 2. The van der Waals surface area contributed by atoms with Crippen LogP contribution in [0.15, 0.2) is 24.4 Å². The van der Waals surface area contributed by atoms with E-state index in [0.29, 0.717) is 24.5 Å². The normalized spacial score (nSPS) is 16.1. The Morgan fingerprint density at radius 2 is 2.29 bits per heavy atom. The minimum Gasteiger partial charge on any atom is -0.396 e. The molecule has 3 rings (SSSR count). The van der Waals surface area contributed by atoms with E-state index in [1.807, 2.05) is 18.2 Å². The third-order valence-electron chi connectivity index (χ3n) is 4.14. The third-order valence-corrected chi connectivity index (χ3v) is 4.47. The van der Waals surface area contributed by atoms with Gasteiger partial charge >= 0.3 is 0 Å². The Kier molecular flexibility index (Phi) is 3.87. The average molecular weight is 308 g/mol. The lowest BCUT2D eigenvalue weighted by molar-refractivity contribution is -0.121. The summed E-state index contributed by atoms with van der Waals surface area (Å²) in [5, 5.41) is 18.0. The molecule has 2 aromatic rings. The Hall–Kier alpha value is -1.59. The number of aliphatic hydroxyl groups is 1. The van der Waals surface area contributed by atoms with Crippen molar-refractivity contribution in [2.75, 3.05) is 13.2 Å². The third kappa shape index (κ3) is 3.04. The minimum atomic E-state index is -0.0540. The molecular formula is C15H18ClN3O2. The van der Waals surface area contributed by atoms with Gasteiger partial charge in [-0.25, -0.2) is 0 Å². The molecule has 1 aromatic carbocycles. The highest BCUT2D eigenvalue weighted by Crippen LogP contribution is 2.44. The molecule has 1 aromatic heterocycles. The van der Waals surface area contributed by atoms with Gasteiger partial charge in [0.2, 0.25) is 5.91 Å². The van der Waals surface area contributed by atoms with Crippen LogP contribution >= 0.6 is 11.6 Å². The number of carbonyl (C=O) groups is 1. The molecule has 0 spiro atoms. The first-order valence-electron chi connectivity index (χ1n) is 7.11. The zero-order valence-corrected chi connectivity index (χ0v) is 12.4. The number of carbonyl (C=O) groups excluding carboxylic acids is 1. The summed E-state index contributed by atoms with van der Waals surface area (Å²) in [6.45, 7) is 1.23. The summed E-state index contributed by atoms with van der Waals surface area (Å²) in [5.74, 6) is -0.0135. The lowest BCUT2D eigenvalue weighted by Gasteiger charge is -2.12. The van der Waals surface area contributed by atoms with E-state index >= 15 is 0 Å². The Balaban J connectivity index is 1.56. The average Bonchev–Trinajstić information content (AvgIpc) is 3.16. The van der Waals surface area contributed by atoms with Gasteiger partial charge in [0.05, 0.1) is 29.9 Å². The van der Waals surface area contributed by atoms with Crippen LogP contribution in [0.2, 0.25) is 5.02 Å². The van der Waals surface area contributed by atoms with E-state index in [1.165, 1.54) is 0 Å². The summed E-state index contributed by atoms with van der Waals surface area (Å²) in [6, 6.07) is 5.64. The molecular weight excluding hydrogens is 290 g/mol. The van der Waals surface area contributed by atoms with Crippen molar-refractivity contribution in [1.82, 2.24) is 15.1 Å². The Morgan fingerprint density at radius 1 is 1.48 bits per heavy atom. The first-order chi connectivity index (χ1) is 10.1. The zero-order chi connectivity index (χ0) is 14.9. The van der Waals surface area contributed by atoms with Gasteiger partial charge in [0.25, 0.3) is 0 Å². The standard InChI is InChI=1S/C15H18ClN3O2/c16-12-2-1-3-13-11(12)8-18-19(13)7-4-14(21)17-9-15(10-20)5-6-15/h1-3,8,20H,4-7,9-10H2,(H,17,21). The maximum atomic E-state index is 11.9. The lowest BCUT2D eigenvalue weighted by atomic mass is 10.1. The van der Waals surface area contributed by atoms with E-state index in [2.05, 4.69) is 10.4 Å². The van der Waals surface area contributed by atoms with Crippen LogP contribution < -0.4 is 5.32 Å². The first-order valence-corrected chi connectivity index (χ1v) is 7.49. The molecule has 0 bridgehead atoms. The van der Waals surface area contributed by atoms with Crippen molar-refractivity contribution >= 4 is 28.4 Å². The predicted molar refractivity (Wildman–Crippen MR) is 81.1 cm³/mol. The monoisotopic (exact) mass is 307 g/mol. The van der Waals surface area contributed by atoms with Gasteiger partial charge in [-0.05, 0) is 25.0 Å². The fourth-order valence-electron chi connectivity index (χ4n) is 2.40. The molecule has 1 amide bonds.